The Morgan fingerprint density at radius 1 is 1.38 bits per heavy atom. The molecule has 1 heterocycles. The maximum atomic E-state index is 5.66. The molecule has 5 nitrogen and oxygen atoms in total. The fourth-order valence-electron chi connectivity index (χ4n) is 0.927. The molecule has 0 aromatic carbocycles. The van der Waals surface area contributed by atoms with E-state index in [2.05, 4.69) is 9.97 Å². The molecule has 1 aromatic rings. The standard InChI is InChI=1S/C8H13N3O2/c1-5(9)7-8(13-3)11-6(12-2)4-10-7/h4-5H,9H2,1-3H3. The first-order chi connectivity index (χ1) is 6.19. The monoisotopic (exact) mass is 183 g/mol. The van der Waals surface area contributed by atoms with Crippen LogP contribution in [0, 0.1) is 0 Å². The summed E-state index contributed by atoms with van der Waals surface area (Å²) in [6.45, 7) is 1.82. The molecule has 0 fully saturated rings. The molecule has 13 heavy (non-hydrogen) atoms. The summed E-state index contributed by atoms with van der Waals surface area (Å²) in [7, 11) is 3.05. The van der Waals surface area contributed by atoms with Crippen molar-refractivity contribution in [1.29, 1.82) is 0 Å². The van der Waals surface area contributed by atoms with Crippen LogP contribution in [0.1, 0.15) is 18.7 Å². The van der Waals surface area contributed by atoms with Gasteiger partial charge in [0.25, 0.3) is 0 Å². The molecule has 0 amide bonds. The van der Waals surface area contributed by atoms with Gasteiger partial charge in [-0.3, -0.25) is 0 Å². The minimum Gasteiger partial charge on any atom is -0.480 e. The van der Waals surface area contributed by atoms with Crippen LogP contribution in [-0.2, 0) is 0 Å². The highest BCUT2D eigenvalue weighted by Crippen LogP contribution is 2.20. The molecule has 0 aliphatic heterocycles. The molecule has 0 spiro atoms. The minimum atomic E-state index is -0.201. The smallest absolute Gasteiger partial charge is 0.240 e. The molecule has 1 rings (SSSR count). The van der Waals surface area contributed by atoms with Crippen LogP contribution in [0.2, 0.25) is 0 Å². The lowest BCUT2D eigenvalue weighted by atomic mass is 10.2. The van der Waals surface area contributed by atoms with Gasteiger partial charge in [0.15, 0.2) is 0 Å². The topological polar surface area (TPSA) is 70.3 Å². The first-order valence-electron chi connectivity index (χ1n) is 3.89. The lowest BCUT2D eigenvalue weighted by Crippen LogP contribution is -2.10. The lowest BCUT2D eigenvalue weighted by Gasteiger charge is -2.09. The molecule has 5 heteroatoms. The summed E-state index contributed by atoms with van der Waals surface area (Å²) in [6, 6.07) is -0.201. The second-order valence-corrected chi connectivity index (χ2v) is 2.60. The first kappa shape index (κ1) is 9.73. The van der Waals surface area contributed by atoms with Crippen LogP contribution in [0.4, 0.5) is 0 Å². The van der Waals surface area contributed by atoms with Gasteiger partial charge in [-0.05, 0) is 6.92 Å². The van der Waals surface area contributed by atoms with Crippen molar-refractivity contribution in [2.24, 2.45) is 5.73 Å². The highest BCUT2D eigenvalue weighted by Gasteiger charge is 2.11. The van der Waals surface area contributed by atoms with Crippen molar-refractivity contribution >= 4 is 0 Å². The number of rotatable bonds is 3. The Morgan fingerprint density at radius 3 is 2.54 bits per heavy atom. The van der Waals surface area contributed by atoms with E-state index in [1.54, 1.807) is 0 Å². The third kappa shape index (κ3) is 2.06. The largest absolute Gasteiger partial charge is 0.480 e. The number of nitrogens with zero attached hydrogens (tertiary/aromatic N) is 2. The molecule has 1 unspecified atom stereocenters. The fraction of sp³-hybridized carbons (Fsp3) is 0.500. The number of hydrogen-bond donors (Lipinski definition) is 1. The van der Waals surface area contributed by atoms with E-state index in [4.69, 9.17) is 15.2 Å². The van der Waals surface area contributed by atoms with Gasteiger partial charge in [0, 0.05) is 6.04 Å². The van der Waals surface area contributed by atoms with Gasteiger partial charge in [0.1, 0.15) is 5.69 Å². The van der Waals surface area contributed by atoms with Crippen molar-refractivity contribution in [2.45, 2.75) is 13.0 Å². The summed E-state index contributed by atoms with van der Waals surface area (Å²) >= 11 is 0. The van der Waals surface area contributed by atoms with Gasteiger partial charge in [0.2, 0.25) is 11.8 Å². The van der Waals surface area contributed by atoms with Gasteiger partial charge in [-0.25, -0.2) is 4.98 Å². The maximum absolute atomic E-state index is 5.66. The molecular formula is C8H13N3O2. The predicted octanol–water partition coefficient (Wildman–Crippen LogP) is 0.513. The van der Waals surface area contributed by atoms with E-state index in [0.29, 0.717) is 17.5 Å². The highest BCUT2D eigenvalue weighted by molar-refractivity contribution is 5.24. The Hall–Kier alpha value is -1.36. The van der Waals surface area contributed by atoms with E-state index >= 15 is 0 Å². The minimum absolute atomic E-state index is 0.201. The molecule has 0 saturated carbocycles. The molecule has 0 aliphatic rings. The number of aromatic nitrogens is 2. The molecule has 0 bridgehead atoms. The SMILES string of the molecule is COc1cnc(C(C)N)c(OC)n1. The van der Waals surface area contributed by atoms with Gasteiger partial charge in [0.05, 0.1) is 20.4 Å². The van der Waals surface area contributed by atoms with Gasteiger partial charge >= 0.3 is 0 Å². The zero-order valence-corrected chi connectivity index (χ0v) is 7.94. The molecule has 1 aromatic heterocycles. The molecular weight excluding hydrogens is 170 g/mol. The van der Waals surface area contributed by atoms with Crippen molar-refractivity contribution in [3.05, 3.63) is 11.9 Å². The van der Waals surface area contributed by atoms with Crippen molar-refractivity contribution < 1.29 is 9.47 Å². The maximum Gasteiger partial charge on any atom is 0.240 e. The fourth-order valence-corrected chi connectivity index (χ4v) is 0.927. The number of nitrogens with two attached hydrogens (primary N) is 1. The average Bonchev–Trinajstić information content (AvgIpc) is 2.16. The molecule has 0 saturated heterocycles. The van der Waals surface area contributed by atoms with Gasteiger partial charge in [-0.1, -0.05) is 0 Å². The summed E-state index contributed by atoms with van der Waals surface area (Å²) in [5.74, 6) is 0.829. The van der Waals surface area contributed by atoms with Crippen LogP contribution in [0.5, 0.6) is 11.8 Å². The van der Waals surface area contributed by atoms with E-state index in [9.17, 15) is 0 Å². The Kier molecular flexibility index (Phi) is 3.02. The zero-order chi connectivity index (χ0) is 9.84. The molecule has 0 aliphatic carbocycles. The normalized spacial score (nSPS) is 12.3. The van der Waals surface area contributed by atoms with E-state index in [0.717, 1.165) is 0 Å². The van der Waals surface area contributed by atoms with Crippen LogP contribution >= 0.6 is 0 Å². The van der Waals surface area contributed by atoms with Crippen molar-refractivity contribution in [3.63, 3.8) is 0 Å². The van der Waals surface area contributed by atoms with E-state index in [1.165, 1.54) is 20.4 Å². The Balaban J connectivity index is 3.08. The van der Waals surface area contributed by atoms with E-state index < -0.39 is 0 Å². The van der Waals surface area contributed by atoms with Gasteiger partial charge in [-0.15, -0.1) is 0 Å². The molecule has 2 N–H and O–H groups in total. The highest BCUT2D eigenvalue weighted by atomic mass is 16.5. The van der Waals surface area contributed by atoms with Crippen molar-refractivity contribution in [2.75, 3.05) is 14.2 Å². The third-order valence-corrected chi connectivity index (χ3v) is 1.58. The Morgan fingerprint density at radius 2 is 2.08 bits per heavy atom. The number of methoxy groups -OCH3 is 2. The molecule has 72 valence electrons. The van der Waals surface area contributed by atoms with E-state index in [-0.39, 0.29) is 6.04 Å². The van der Waals surface area contributed by atoms with E-state index in [1.807, 2.05) is 6.92 Å². The second kappa shape index (κ2) is 4.04. The van der Waals surface area contributed by atoms with Crippen molar-refractivity contribution in [1.82, 2.24) is 9.97 Å². The number of ether oxygens (including phenoxy) is 2. The van der Waals surface area contributed by atoms with Crippen LogP contribution in [0.25, 0.3) is 0 Å². The van der Waals surface area contributed by atoms with Crippen LogP contribution in [0.15, 0.2) is 6.20 Å². The van der Waals surface area contributed by atoms with Crippen LogP contribution in [-0.4, -0.2) is 24.2 Å². The number of hydrogen-bond acceptors (Lipinski definition) is 5. The summed E-state index contributed by atoms with van der Waals surface area (Å²) < 4.78 is 9.91. The van der Waals surface area contributed by atoms with Gasteiger partial charge < -0.3 is 15.2 Å². The molecule has 0 radical (unpaired) electrons. The van der Waals surface area contributed by atoms with Crippen molar-refractivity contribution in [3.8, 4) is 11.8 Å². The lowest BCUT2D eigenvalue weighted by molar-refractivity contribution is 0.354. The quantitative estimate of drug-likeness (QED) is 0.739. The first-order valence-corrected chi connectivity index (χ1v) is 3.89. The van der Waals surface area contributed by atoms with Crippen LogP contribution < -0.4 is 15.2 Å². The average molecular weight is 183 g/mol. The van der Waals surface area contributed by atoms with Gasteiger partial charge in [-0.2, -0.15) is 4.98 Å². The summed E-state index contributed by atoms with van der Waals surface area (Å²) in [4.78, 5) is 8.13. The second-order valence-electron chi connectivity index (χ2n) is 2.60. The predicted molar refractivity (Wildman–Crippen MR) is 47.7 cm³/mol. The zero-order valence-electron chi connectivity index (χ0n) is 7.94. The summed E-state index contributed by atoms with van der Waals surface area (Å²) in [5, 5.41) is 0. The Bertz CT molecular complexity index is 289. The summed E-state index contributed by atoms with van der Waals surface area (Å²) in [5.41, 5.74) is 6.29. The van der Waals surface area contributed by atoms with Crippen LogP contribution in [0.3, 0.4) is 0 Å². The Labute approximate surface area is 76.9 Å². The third-order valence-electron chi connectivity index (χ3n) is 1.58. The molecule has 1 atom stereocenters. The summed E-state index contributed by atoms with van der Waals surface area (Å²) in [6.07, 6.45) is 1.52.